The van der Waals surface area contributed by atoms with Crippen molar-refractivity contribution in [1.82, 2.24) is 20.2 Å². The zero-order valence-corrected chi connectivity index (χ0v) is 15.5. The van der Waals surface area contributed by atoms with Crippen LogP contribution in [0.4, 0.5) is 4.39 Å². The minimum atomic E-state index is -0.300. The molecule has 1 aromatic heterocycles. The molecule has 0 aliphatic carbocycles. The highest BCUT2D eigenvalue weighted by Crippen LogP contribution is 2.20. The SMILES string of the molecule is O=C(CC1COCCN1)NC(Cn1cnc2ccccc21)c1ccc(F)cc1. The Morgan fingerprint density at radius 3 is 2.89 bits per heavy atom. The van der Waals surface area contributed by atoms with Crippen molar-refractivity contribution >= 4 is 16.9 Å². The van der Waals surface area contributed by atoms with Crippen LogP contribution in [0.2, 0.25) is 0 Å². The van der Waals surface area contributed by atoms with E-state index >= 15 is 0 Å². The summed E-state index contributed by atoms with van der Waals surface area (Å²) in [5, 5.41) is 6.39. The average molecular weight is 382 g/mol. The van der Waals surface area contributed by atoms with Gasteiger partial charge in [-0.15, -0.1) is 0 Å². The van der Waals surface area contributed by atoms with Gasteiger partial charge >= 0.3 is 0 Å². The summed E-state index contributed by atoms with van der Waals surface area (Å²) in [4.78, 5) is 17.1. The van der Waals surface area contributed by atoms with Crippen molar-refractivity contribution in [2.24, 2.45) is 0 Å². The van der Waals surface area contributed by atoms with Gasteiger partial charge in [-0.25, -0.2) is 9.37 Å². The molecule has 146 valence electrons. The third-order valence-electron chi connectivity index (χ3n) is 4.94. The first-order valence-corrected chi connectivity index (χ1v) is 9.45. The fourth-order valence-corrected chi connectivity index (χ4v) is 3.51. The van der Waals surface area contributed by atoms with Crippen LogP contribution in [-0.2, 0) is 16.1 Å². The Labute approximate surface area is 162 Å². The number of benzene rings is 2. The molecule has 1 fully saturated rings. The van der Waals surface area contributed by atoms with Crippen molar-refractivity contribution < 1.29 is 13.9 Å². The first-order chi connectivity index (χ1) is 13.7. The monoisotopic (exact) mass is 382 g/mol. The molecular formula is C21H23FN4O2. The molecule has 1 aliphatic heterocycles. The molecule has 28 heavy (non-hydrogen) atoms. The van der Waals surface area contributed by atoms with E-state index in [-0.39, 0.29) is 23.8 Å². The van der Waals surface area contributed by atoms with E-state index in [1.54, 1.807) is 18.5 Å². The van der Waals surface area contributed by atoms with Crippen LogP contribution in [-0.4, -0.2) is 41.3 Å². The fourth-order valence-electron chi connectivity index (χ4n) is 3.51. The molecule has 7 heteroatoms. The van der Waals surface area contributed by atoms with Crippen LogP contribution >= 0.6 is 0 Å². The Morgan fingerprint density at radius 1 is 1.29 bits per heavy atom. The normalized spacial score (nSPS) is 18.1. The zero-order valence-electron chi connectivity index (χ0n) is 15.5. The second-order valence-corrected chi connectivity index (χ2v) is 6.99. The van der Waals surface area contributed by atoms with E-state index in [0.29, 0.717) is 26.2 Å². The lowest BCUT2D eigenvalue weighted by atomic mass is 10.1. The summed E-state index contributed by atoms with van der Waals surface area (Å²) in [7, 11) is 0. The molecular weight excluding hydrogens is 359 g/mol. The molecule has 0 saturated carbocycles. The summed E-state index contributed by atoms with van der Waals surface area (Å²) in [5.41, 5.74) is 2.74. The number of rotatable bonds is 6. The number of nitrogens with one attached hydrogen (secondary N) is 2. The Hall–Kier alpha value is -2.77. The number of imidazole rings is 1. The summed E-state index contributed by atoms with van der Waals surface area (Å²) in [6, 6.07) is 13.8. The number of fused-ring (bicyclic) bond motifs is 1. The van der Waals surface area contributed by atoms with E-state index < -0.39 is 0 Å². The highest BCUT2D eigenvalue weighted by molar-refractivity contribution is 5.77. The van der Waals surface area contributed by atoms with Crippen LogP contribution in [0.25, 0.3) is 11.0 Å². The number of para-hydroxylation sites is 2. The second-order valence-electron chi connectivity index (χ2n) is 6.99. The maximum absolute atomic E-state index is 13.4. The van der Waals surface area contributed by atoms with Crippen molar-refractivity contribution in [3.63, 3.8) is 0 Å². The smallest absolute Gasteiger partial charge is 0.222 e. The molecule has 2 unspecified atom stereocenters. The summed E-state index contributed by atoms with van der Waals surface area (Å²) in [5.74, 6) is -0.368. The summed E-state index contributed by atoms with van der Waals surface area (Å²) in [6.45, 7) is 2.46. The average Bonchev–Trinajstić information content (AvgIpc) is 3.12. The summed E-state index contributed by atoms with van der Waals surface area (Å²) < 4.78 is 20.8. The van der Waals surface area contributed by atoms with Gasteiger partial charge in [-0.3, -0.25) is 4.79 Å². The van der Waals surface area contributed by atoms with Crippen molar-refractivity contribution in [2.75, 3.05) is 19.8 Å². The quantitative estimate of drug-likeness (QED) is 0.687. The molecule has 4 rings (SSSR count). The molecule has 0 bridgehead atoms. The van der Waals surface area contributed by atoms with Crippen LogP contribution in [0, 0.1) is 5.82 Å². The van der Waals surface area contributed by atoms with Gasteiger partial charge in [-0.1, -0.05) is 24.3 Å². The molecule has 2 aromatic carbocycles. The second kappa shape index (κ2) is 8.50. The Morgan fingerprint density at radius 2 is 2.11 bits per heavy atom. The maximum atomic E-state index is 13.4. The largest absolute Gasteiger partial charge is 0.378 e. The standard InChI is InChI=1S/C21H23FN4O2/c22-16-7-5-15(6-8-16)19(25-21(27)11-17-13-28-10-9-23-17)12-26-14-24-18-3-1-2-4-20(18)26/h1-8,14,17,19,23H,9-13H2,(H,25,27). The number of carbonyl (C=O) groups is 1. The van der Waals surface area contributed by atoms with Crippen LogP contribution in [0.5, 0.6) is 0 Å². The lowest BCUT2D eigenvalue weighted by molar-refractivity contribution is -0.123. The first-order valence-electron chi connectivity index (χ1n) is 9.45. The molecule has 3 aromatic rings. The highest BCUT2D eigenvalue weighted by atomic mass is 19.1. The van der Waals surface area contributed by atoms with Crippen molar-refractivity contribution in [2.45, 2.75) is 25.0 Å². The van der Waals surface area contributed by atoms with E-state index in [2.05, 4.69) is 15.6 Å². The number of hydrogen-bond donors (Lipinski definition) is 2. The lowest BCUT2D eigenvalue weighted by Crippen LogP contribution is -2.45. The van der Waals surface area contributed by atoms with Gasteiger partial charge < -0.3 is 19.9 Å². The summed E-state index contributed by atoms with van der Waals surface area (Å²) >= 11 is 0. The van der Waals surface area contributed by atoms with Crippen molar-refractivity contribution in [3.05, 3.63) is 66.2 Å². The van der Waals surface area contributed by atoms with E-state index in [0.717, 1.165) is 23.1 Å². The molecule has 2 heterocycles. The topological polar surface area (TPSA) is 68.2 Å². The number of carbonyl (C=O) groups excluding carboxylic acids is 1. The molecule has 6 nitrogen and oxygen atoms in total. The third-order valence-corrected chi connectivity index (χ3v) is 4.94. The van der Waals surface area contributed by atoms with Crippen LogP contribution < -0.4 is 10.6 Å². The van der Waals surface area contributed by atoms with E-state index in [9.17, 15) is 9.18 Å². The molecule has 1 amide bonds. The van der Waals surface area contributed by atoms with E-state index in [1.807, 2.05) is 28.8 Å². The van der Waals surface area contributed by atoms with Gasteiger partial charge in [0.25, 0.3) is 0 Å². The lowest BCUT2D eigenvalue weighted by Gasteiger charge is -2.25. The Bertz CT molecular complexity index is 935. The minimum absolute atomic E-state index is 0.0108. The number of hydrogen-bond acceptors (Lipinski definition) is 4. The van der Waals surface area contributed by atoms with Gasteiger partial charge in [-0.05, 0) is 29.8 Å². The van der Waals surface area contributed by atoms with Gasteiger partial charge in [0.1, 0.15) is 5.82 Å². The number of ether oxygens (including phenoxy) is 1. The Balaban J connectivity index is 1.53. The first kappa shape index (κ1) is 18.6. The molecule has 1 saturated heterocycles. The molecule has 2 atom stereocenters. The molecule has 2 N–H and O–H groups in total. The predicted molar refractivity (Wildman–Crippen MR) is 104 cm³/mol. The predicted octanol–water partition coefficient (Wildman–Crippen LogP) is 2.41. The van der Waals surface area contributed by atoms with Gasteiger partial charge in [0.2, 0.25) is 5.91 Å². The number of morpholine rings is 1. The molecule has 0 spiro atoms. The number of nitrogens with zero attached hydrogens (tertiary/aromatic N) is 2. The molecule has 0 radical (unpaired) electrons. The number of amides is 1. The van der Waals surface area contributed by atoms with E-state index in [1.165, 1.54) is 12.1 Å². The van der Waals surface area contributed by atoms with Crippen LogP contribution in [0.1, 0.15) is 18.0 Å². The van der Waals surface area contributed by atoms with Gasteiger partial charge in [0.05, 0.1) is 36.6 Å². The van der Waals surface area contributed by atoms with Gasteiger partial charge in [-0.2, -0.15) is 0 Å². The van der Waals surface area contributed by atoms with Crippen LogP contribution in [0.15, 0.2) is 54.9 Å². The number of aromatic nitrogens is 2. The van der Waals surface area contributed by atoms with Gasteiger partial charge in [0, 0.05) is 25.6 Å². The van der Waals surface area contributed by atoms with Crippen molar-refractivity contribution in [3.8, 4) is 0 Å². The summed E-state index contributed by atoms with van der Waals surface area (Å²) in [6.07, 6.45) is 2.10. The fraction of sp³-hybridized carbons (Fsp3) is 0.333. The molecule has 1 aliphatic rings. The van der Waals surface area contributed by atoms with E-state index in [4.69, 9.17) is 4.74 Å². The minimum Gasteiger partial charge on any atom is -0.378 e. The number of halogens is 1. The highest BCUT2D eigenvalue weighted by Gasteiger charge is 2.21. The van der Waals surface area contributed by atoms with Gasteiger partial charge in [0.15, 0.2) is 0 Å². The Kier molecular flexibility index (Phi) is 5.64. The maximum Gasteiger partial charge on any atom is 0.222 e. The van der Waals surface area contributed by atoms with Crippen LogP contribution in [0.3, 0.4) is 0 Å². The third kappa shape index (κ3) is 4.37. The van der Waals surface area contributed by atoms with Crippen molar-refractivity contribution in [1.29, 1.82) is 0 Å². The zero-order chi connectivity index (χ0) is 19.3.